The third kappa shape index (κ3) is 3.36. The highest BCUT2D eigenvalue weighted by molar-refractivity contribution is 5.98. The molecule has 4 rings (SSSR count). The Morgan fingerprint density at radius 3 is 2.58 bits per heavy atom. The van der Waals surface area contributed by atoms with Gasteiger partial charge in [-0.25, -0.2) is 4.98 Å². The first-order chi connectivity index (χ1) is 12.7. The highest BCUT2D eigenvalue weighted by atomic mass is 16.5. The largest absolute Gasteiger partial charge is 0.481 e. The van der Waals surface area contributed by atoms with Gasteiger partial charge in [-0.05, 0) is 43.2 Å². The molecule has 2 heterocycles. The van der Waals surface area contributed by atoms with E-state index in [4.69, 9.17) is 4.74 Å². The topological polar surface area (TPSA) is 71.5 Å². The SMILES string of the molecule is COc1nc(C(=O)N2CCC(NC(=O)C3CC3)CC2)cc2ccccc12. The zero-order chi connectivity index (χ0) is 18.1. The number of hydrogen-bond acceptors (Lipinski definition) is 4. The van der Waals surface area contributed by atoms with Gasteiger partial charge in [0.1, 0.15) is 5.69 Å². The van der Waals surface area contributed by atoms with Crippen molar-refractivity contribution in [1.29, 1.82) is 0 Å². The predicted octanol–water partition coefficient (Wildman–Crippen LogP) is 2.37. The van der Waals surface area contributed by atoms with Gasteiger partial charge >= 0.3 is 0 Å². The van der Waals surface area contributed by atoms with Crippen molar-refractivity contribution in [3.05, 3.63) is 36.0 Å². The molecule has 26 heavy (non-hydrogen) atoms. The number of likely N-dealkylation sites (tertiary alicyclic amines) is 1. The van der Waals surface area contributed by atoms with Crippen LogP contribution < -0.4 is 10.1 Å². The van der Waals surface area contributed by atoms with Gasteiger partial charge in [-0.15, -0.1) is 0 Å². The number of nitrogens with one attached hydrogen (secondary N) is 1. The monoisotopic (exact) mass is 353 g/mol. The van der Waals surface area contributed by atoms with E-state index in [1.54, 1.807) is 7.11 Å². The molecule has 6 nitrogen and oxygen atoms in total. The molecule has 6 heteroatoms. The number of ether oxygens (including phenoxy) is 1. The maximum atomic E-state index is 12.9. The number of piperidine rings is 1. The summed E-state index contributed by atoms with van der Waals surface area (Å²) in [6, 6.07) is 9.74. The maximum Gasteiger partial charge on any atom is 0.272 e. The van der Waals surface area contributed by atoms with Crippen molar-refractivity contribution in [3.63, 3.8) is 0 Å². The summed E-state index contributed by atoms with van der Waals surface area (Å²) >= 11 is 0. The summed E-state index contributed by atoms with van der Waals surface area (Å²) in [4.78, 5) is 31.0. The average Bonchev–Trinajstić information content (AvgIpc) is 3.52. The number of rotatable bonds is 4. The second-order valence-electron chi connectivity index (χ2n) is 7.09. The number of methoxy groups -OCH3 is 1. The highest BCUT2D eigenvalue weighted by Gasteiger charge is 2.32. The molecular formula is C20H23N3O3. The smallest absolute Gasteiger partial charge is 0.272 e. The molecule has 2 amide bonds. The lowest BCUT2D eigenvalue weighted by atomic mass is 10.0. The summed E-state index contributed by atoms with van der Waals surface area (Å²) in [6.07, 6.45) is 3.60. The molecule has 0 bridgehead atoms. The third-order valence-electron chi connectivity index (χ3n) is 5.19. The standard InChI is InChI=1S/C20H23N3O3/c1-26-19-16-5-3-2-4-14(16)12-17(22-19)20(25)23-10-8-15(9-11-23)21-18(24)13-6-7-13/h2-5,12-13,15H,6-11H2,1H3,(H,21,24). The molecule has 0 unspecified atom stereocenters. The van der Waals surface area contributed by atoms with Gasteiger partial charge in [-0.2, -0.15) is 0 Å². The van der Waals surface area contributed by atoms with Crippen molar-refractivity contribution in [3.8, 4) is 5.88 Å². The van der Waals surface area contributed by atoms with E-state index in [1.807, 2.05) is 35.2 Å². The minimum Gasteiger partial charge on any atom is -0.481 e. The summed E-state index contributed by atoms with van der Waals surface area (Å²) in [7, 11) is 1.57. The molecule has 1 aliphatic heterocycles. The molecule has 2 aliphatic rings. The summed E-state index contributed by atoms with van der Waals surface area (Å²) in [5.41, 5.74) is 0.404. The molecule has 0 radical (unpaired) electrons. The number of carbonyl (C=O) groups excluding carboxylic acids is 2. The van der Waals surface area contributed by atoms with Crippen LogP contribution in [0.4, 0.5) is 0 Å². The van der Waals surface area contributed by atoms with Gasteiger partial charge in [0.15, 0.2) is 0 Å². The van der Waals surface area contributed by atoms with Crippen LogP contribution in [0.1, 0.15) is 36.2 Å². The first kappa shape index (κ1) is 16.8. The lowest BCUT2D eigenvalue weighted by molar-refractivity contribution is -0.123. The number of pyridine rings is 1. The fraction of sp³-hybridized carbons (Fsp3) is 0.450. The van der Waals surface area contributed by atoms with E-state index < -0.39 is 0 Å². The van der Waals surface area contributed by atoms with Crippen LogP contribution in [0.25, 0.3) is 10.8 Å². The fourth-order valence-corrected chi connectivity index (χ4v) is 3.49. The van der Waals surface area contributed by atoms with E-state index in [0.29, 0.717) is 24.7 Å². The molecule has 136 valence electrons. The van der Waals surface area contributed by atoms with Crippen molar-refractivity contribution in [2.45, 2.75) is 31.7 Å². The van der Waals surface area contributed by atoms with E-state index in [9.17, 15) is 9.59 Å². The minimum atomic E-state index is -0.0824. The van der Waals surface area contributed by atoms with E-state index in [0.717, 1.165) is 36.5 Å². The number of benzene rings is 1. The van der Waals surface area contributed by atoms with Gasteiger partial charge in [0.25, 0.3) is 5.91 Å². The zero-order valence-corrected chi connectivity index (χ0v) is 14.9. The summed E-state index contributed by atoms with van der Waals surface area (Å²) in [5.74, 6) is 0.790. The van der Waals surface area contributed by atoms with Gasteiger partial charge in [-0.3, -0.25) is 9.59 Å². The van der Waals surface area contributed by atoms with Crippen LogP contribution in [0.15, 0.2) is 30.3 Å². The Bertz CT molecular complexity index is 839. The van der Waals surface area contributed by atoms with Gasteiger partial charge < -0.3 is 15.0 Å². The predicted molar refractivity (Wildman–Crippen MR) is 98.1 cm³/mol. The van der Waals surface area contributed by atoms with Crippen LogP contribution >= 0.6 is 0 Å². The quantitative estimate of drug-likeness (QED) is 0.916. The van der Waals surface area contributed by atoms with Crippen LogP contribution in [0.2, 0.25) is 0 Å². The Morgan fingerprint density at radius 2 is 1.88 bits per heavy atom. The van der Waals surface area contributed by atoms with E-state index in [2.05, 4.69) is 10.3 Å². The normalized spacial score (nSPS) is 18.0. The van der Waals surface area contributed by atoms with Crippen LogP contribution in [-0.2, 0) is 4.79 Å². The number of carbonyl (C=O) groups is 2. The highest BCUT2D eigenvalue weighted by Crippen LogP contribution is 2.29. The van der Waals surface area contributed by atoms with E-state index in [-0.39, 0.29) is 23.8 Å². The van der Waals surface area contributed by atoms with Crippen molar-refractivity contribution < 1.29 is 14.3 Å². The van der Waals surface area contributed by atoms with Crippen molar-refractivity contribution >= 4 is 22.6 Å². The number of nitrogens with zero attached hydrogens (tertiary/aromatic N) is 2. The van der Waals surface area contributed by atoms with Crippen molar-refractivity contribution in [2.75, 3.05) is 20.2 Å². The molecule has 1 aliphatic carbocycles. The van der Waals surface area contributed by atoms with Gasteiger partial charge in [0, 0.05) is 30.4 Å². The molecule has 1 saturated heterocycles. The fourth-order valence-electron chi connectivity index (χ4n) is 3.49. The molecule has 1 N–H and O–H groups in total. The summed E-state index contributed by atoms with van der Waals surface area (Å²) in [6.45, 7) is 1.26. The van der Waals surface area contributed by atoms with Crippen LogP contribution in [0.3, 0.4) is 0 Å². The first-order valence-corrected chi connectivity index (χ1v) is 9.19. The van der Waals surface area contributed by atoms with Crippen LogP contribution in [0, 0.1) is 5.92 Å². The molecule has 2 aromatic rings. The Hall–Kier alpha value is -2.63. The van der Waals surface area contributed by atoms with Gasteiger partial charge in [-0.1, -0.05) is 18.2 Å². The average molecular weight is 353 g/mol. The van der Waals surface area contributed by atoms with Crippen LogP contribution in [0.5, 0.6) is 5.88 Å². The first-order valence-electron chi connectivity index (χ1n) is 9.19. The number of amides is 2. The van der Waals surface area contributed by atoms with Crippen LogP contribution in [-0.4, -0.2) is 47.9 Å². The molecular weight excluding hydrogens is 330 g/mol. The van der Waals surface area contributed by atoms with E-state index >= 15 is 0 Å². The lowest BCUT2D eigenvalue weighted by Gasteiger charge is -2.32. The summed E-state index contributed by atoms with van der Waals surface area (Å²) in [5, 5.41) is 4.95. The molecule has 0 spiro atoms. The molecule has 1 saturated carbocycles. The Morgan fingerprint density at radius 1 is 1.15 bits per heavy atom. The molecule has 1 aromatic carbocycles. The Labute approximate surface area is 152 Å². The number of aromatic nitrogens is 1. The van der Waals surface area contributed by atoms with Crippen molar-refractivity contribution in [2.24, 2.45) is 5.92 Å². The third-order valence-corrected chi connectivity index (χ3v) is 5.19. The maximum absolute atomic E-state index is 12.9. The zero-order valence-electron chi connectivity index (χ0n) is 14.9. The summed E-state index contributed by atoms with van der Waals surface area (Å²) < 4.78 is 5.37. The Kier molecular flexibility index (Phi) is 4.49. The number of hydrogen-bond donors (Lipinski definition) is 1. The van der Waals surface area contributed by atoms with E-state index in [1.165, 1.54) is 0 Å². The number of fused-ring (bicyclic) bond motifs is 1. The molecule has 2 fully saturated rings. The minimum absolute atomic E-state index is 0.0824. The molecule has 1 aromatic heterocycles. The lowest BCUT2D eigenvalue weighted by Crippen LogP contribution is -2.47. The second-order valence-corrected chi connectivity index (χ2v) is 7.09. The van der Waals surface area contributed by atoms with Gasteiger partial charge in [0.2, 0.25) is 11.8 Å². The van der Waals surface area contributed by atoms with Crippen molar-refractivity contribution in [1.82, 2.24) is 15.2 Å². The van der Waals surface area contributed by atoms with Gasteiger partial charge in [0.05, 0.1) is 7.11 Å². The Balaban J connectivity index is 1.45. The second kappa shape index (κ2) is 6.94. The molecule has 0 atom stereocenters.